The van der Waals surface area contributed by atoms with Gasteiger partial charge in [-0.05, 0) is 31.9 Å². The van der Waals surface area contributed by atoms with Crippen molar-refractivity contribution in [2.45, 2.75) is 44.7 Å². The first-order valence-electron chi connectivity index (χ1n) is 9.89. The fraction of sp³-hybridized carbons (Fsp3) is 0.364. The number of fused-ring (bicyclic) bond motifs is 2. The summed E-state index contributed by atoms with van der Waals surface area (Å²) in [4.78, 5) is 23.3. The van der Waals surface area contributed by atoms with Gasteiger partial charge in [-0.15, -0.1) is 0 Å². The van der Waals surface area contributed by atoms with E-state index < -0.39 is 6.43 Å². The number of likely N-dealkylation sites (N-methyl/N-ethyl adjacent to an activating group) is 1. The largest absolute Gasteiger partial charge is 0.338 e. The van der Waals surface area contributed by atoms with Gasteiger partial charge in [-0.2, -0.15) is 5.26 Å². The second-order valence-corrected chi connectivity index (χ2v) is 7.99. The van der Waals surface area contributed by atoms with Gasteiger partial charge >= 0.3 is 0 Å². The zero-order valence-electron chi connectivity index (χ0n) is 16.6. The monoisotopic (exact) mass is 407 g/mol. The molecule has 152 valence electrons. The van der Waals surface area contributed by atoms with Crippen molar-refractivity contribution in [1.29, 1.82) is 5.26 Å². The number of imidazole rings is 1. The Kier molecular flexibility index (Phi) is 4.10. The number of halogens is 2. The quantitative estimate of drug-likeness (QED) is 0.648. The van der Waals surface area contributed by atoms with E-state index in [9.17, 15) is 18.8 Å². The van der Waals surface area contributed by atoms with Crippen LogP contribution in [0.15, 0.2) is 24.3 Å². The van der Waals surface area contributed by atoms with Crippen LogP contribution in [0, 0.1) is 11.3 Å². The van der Waals surface area contributed by atoms with Crippen molar-refractivity contribution in [2.75, 3.05) is 7.05 Å². The lowest BCUT2D eigenvalue weighted by Crippen LogP contribution is -2.39. The molecule has 2 aliphatic rings. The molecule has 3 aromatic rings. The van der Waals surface area contributed by atoms with Crippen LogP contribution in [0.3, 0.4) is 0 Å². The van der Waals surface area contributed by atoms with Crippen molar-refractivity contribution in [3.63, 3.8) is 0 Å². The molecule has 1 unspecified atom stereocenters. The Bertz CT molecular complexity index is 1240. The number of carbonyl (C=O) groups excluding carboxylic acids is 1. The first-order valence-corrected chi connectivity index (χ1v) is 9.89. The van der Waals surface area contributed by atoms with Crippen LogP contribution in [-0.2, 0) is 11.3 Å². The molecule has 6 nitrogen and oxygen atoms in total. The van der Waals surface area contributed by atoms with Crippen LogP contribution in [-0.4, -0.2) is 32.4 Å². The molecule has 0 N–H and O–H groups in total. The Labute approximate surface area is 171 Å². The lowest BCUT2D eigenvalue weighted by molar-refractivity contribution is -0.135. The minimum Gasteiger partial charge on any atom is -0.338 e. The lowest BCUT2D eigenvalue weighted by atomic mass is 10.0. The summed E-state index contributed by atoms with van der Waals surface area (Å²) in [5, 5.41) is 9.76. The van der Waals surface area contributed by atoms with Crippen molar-refractivity contribution >= 4 is 16.8 Å². The van der Waals surface area contributed by atoms with Crippen LogP contribution in [0.2, 0.25) is 0 Å². The number of benzene rings is 1. The summed E-state index contributed by atoms with van der Waals surface area (Å²) in [6.07, 6.45) is -0.735. The number of hydrogen-bond acceptors (Lipinski definition) is 4. The highest BCUT2D eigenvalue weighted by molar-refractivity contribution is 5.95. The van der Waals surface area contributed by atoms with Gasteiger partial charge in [0.2, 0.25) is 5.91 Å². The second-order valence-electron chi connectivity index (χ2n) is 7.99. The van der Waals surface area contributed by atoms with Crippen molar-refractivity contribution in [2.24, 2.45) is 0 Å². The summed E-state index contributed by atoms with van der Waals surface area (Å²) in [5.41, 5.74) is 2.11. The van der Waals surface area contributed by atoms with Crippen molar-refractivity contribution in [1.82, 2.24) is 19.4 Å². The standard InChI is InChI=1S/C22H19F2N5O/c1-11-22(30)28(2)10-18-19(27-21(29(11)18)12-6-7-12)13-4-3-5-16-14(13)8-15(20(23)24)17(9-25)26-16/h3-5,8,11-12,20H,6-7,10H2,1-2H3. The molecule has 1 aliphatic heterocycles. The number of amides is 1. The predicted octanol–water partition coefficient (Wildman–Crippen LogP) is 4.32. The molecule has 1 amide bonds. The molecule has 0 spiro atoms. The van der Waals surface area contributed by atoms with Crippen molar-refractivity contribution in [3.8, 4) is 17.3 Å². The first kappa shape index (κ1) is 18.7. The molecule has 1 aliphatic carbocycles. The van der Waals surface area contributed by atoms with Crippen LogP contribution < -0.4 is 0 Å². The summed E-state index contributed by atoms with van der Waals surface area (Å²) >= 11 is 0. The number of pyridine rings is 1. The number of nitrogens with zero attached hydrogens (tertiary/aromatic N) is 5. The normalized spacial score (nSPS) is 18.7. The molecule has 8 heteroatoms. The Hall–Kier alpha value is -3.34. The molecule has 2 aromatic heterocycles. The molecule has 30 heavy (non-hydrogen) atoms. The van der Waals surface area contributed by atoms with Gasteiger partial charge in [0.1, 0.15) is 23.6 Å². The Morgan fingerprint density at radius 3 is 2.70 bits per heavy atom. The van der Waals surface area contributed by atoms with Gasteiger partial charge in [0.15, 0.2) is 0 Å². The zero-order valence-corrected chi connectivity index (χ0v) is 16.6. The summed E-state index contributed by atoms with van der Waals surface area (Å²) in [7, 11) is 1.76. The number of aromatic nitrogens is 3. The summed E-state index contributed by atoms with van der Waals surface area (Å²) in [5.74, 6) is 1.25. The minimum absolute atomic E-state index is 0.0339. The smallest absolute Gasteiger partial charge is 0.266 e. The van der Waals surface area contributed by atoms with E-state index in [0.717, 1.165) is 24.4 Å². The number of alkyl halides is 2. The van der Waals surface area contributed by atoms with Gasteiger partial charge in [0.05, 0.1) is 29.0 Å². The van der Waals surface area contributed by atoms with Crippen LogP contribution in [0.1, 0.15) is 60.9 Å². The van der Waals surface area contributed by atoms with Crippen molar-refractivity contribution < 1.29 is 13.6 Å². The van der Waals surface area contributed by atoms with E-state index in [0.29, 0.717) is 34.6 Å². The van der Waals surface area contributed by atoms with Gasteiger partial charge in [-0.3, -0.25) is 4.79 Å². The van der Waals surface area contributed by atoms with Gasteiger partial charge in [0.25, 0.3) is 6.43 Å². The summed E-state index contributed by atoms with van der Waals surface area (Å²) in [6.45, 7) is 2.28. The lowest BCUT2D eigenvalue weighted by Gasteiger charge is -2.31. The molecule has 0 bridgehead atoms. The average Bonchev–Trinajstić information content (AvgIpc) is 3.51. The number of nitriles is 1. The first-order chi connectivity index (χ1) is 14.4. The minimum atomic E-state index is -2.80. The molecule has 0 radical (unpaired) electrons. The Balaban J connectivity index is 1.79. The molecule has 1 aromatic carbocycles. The van der Waals surface area contributed by atoms with Gasteiger partial charge in [0, 0.05) is 23.9 Å². The van der Waals surface area contributed by atoms with Crippen LogP contribution in [0.25, 0.3) is 22.2 Å². The van der Waals surface area contributed by atoms with E-state index in [2.05, 4.69) is 4.98 Å². The molecular formula is C22H19F2N5O. The third kappa shape index (κ3) is 2.69. The molecule has 1 atom stereocenters. The Morgan fingerprint density at radius 1 is 1.27 bits per heavy atom. The summed E-state index contributed by atoms with van der Waals surface area (Å²) in [6, 6.07) is 8.10. The van der Waals surface area contributed by atoms with Crippen LogP contribution >= 0.6 is 0 Å². The fourth-order valence-electron chi connectivity index (χ4n) is 4.32. The van der Waals surface area contributed by atoms with Gasteiger partial charge in [-0.25, -0.2) is 18.7 Å². The van der Waals surface area contributed by atoms with Gasteiger partial charge in [-0.1, -0.05) is 12.1 Å². The maximum atomic E-state index is 13.6. The van der Waals surface area contributed by atoms with Gasteiger partial charge < -0.3 is 9.47 Å². The topological polar surface area (TPSA) is 74.8 Å². The predicted molar refractivity (Wildman–Crippen MR) is 106 cm³/mol. The van der Waals surface area contributed by atoms with E-state index in [1.807, 2.05) is 17.6 Å². The van der Waals surface area contributed by atoms with E-state index >= 15 is 0 Å². The molecule has 5 rings (SSSR count). The maximum Gasteiger partial charge on any atom is 0.266 e. The highest BCUT2D eigenvalue weighted by Gasteiger charge is 2.38. The van der Waals surface area contributed by atoms with Crippen LogP contribution in [0.4, 0.5) is 8.78 Å². The molecule has 1 saturated carbocycles. The third-order valence-corrected chi connectivity index (χ3v) is 5.97. The number of rotatable bonds is 3. The molecule has 0 saturated heterocycles. The van der Waals surface area contributed by atoms with Crippen LogP contribution in [0.5, 0.6) is 0 Å². The SMILES string of the molecule is CC1C(=O)N(C)Cc2c(-c3cccc4nc(C#N)c(C(F)F)cc34)nc(C3CC3)n21. The zero-order chi connectivity index (χ0) is 21.2. The summed E-state index contributed by atoms with van der Waals surface area (Å²) < 4.78 is 29.1. The molecular weight excluding hydrogens is 388 g/mol. The maximum absolute atomic E-state index is 13.6. The van der Waals surface area contributed by atoms with Crippen molar-refractivity contribution in [3.05, 3.63) is 47.0 Å². The Morgan fingerprint density at radius 2 is 2.03 bits per heavy atom. The van der Waals surface area contributed by atoms with E-state index in [1.165, 1.54) is 6.07 Å². The third-order valence-electron chi connectivity index (χ3n) is 5.97. The fourth-order valence-corrected chi connectivity index (χ4v) is 4.32. The van der Waals surface area contributed by atoms with E-state index in [4.69, 9.17) is 4.98 Å². The second kappa shape index (κ2) is 6.59. The number of hydrogen-bond donors (Lipinski definition) is 0. The average molecular weight is 407 g/mol. The van der Waals surface area contributed by atoms with E-state index in [-0.39, 0.29) is 23.2 Å². The van der Waals surface area contributed by atoms with E-state index in [1.54, 1.807) is 30.1 Å². The molecule has 1 fully saturated rings. The number of carbonyl (C=O) groups is 1. The molecule has 3 heterocycles. The highest BCUT2D eigenvalue weighted by atomic mass is 19.3. The highest BCUT2D eigenvalue weighted by Crippen LogP contribution is 2.45.